The van der Waals surface area contributed by atoms with E-state index in [0.29, 0.717) is 11.5 Å². The van der Waals surface area contributed by atoms with Crippen LogP contribution in [0.15, 0.2) is 12.1 Å². The first kappa shape index (κ1) is 14.8. The summed E-state index contributed by atoms with van der Waals surface area (Å²) in [5.41, 5.74) is 4.59. The number of hydrazine groups is 1. The lowest BCUT2D eigenvalue weighted by Crippen LogP contribution is -2.45. The Morgan fingerprint density at radius 1 is 1.25 bits per heavy atom. The van der Waals surface area contributed by atoms with E-state index in [1.165, 1.54) is 6.42 Å². The molecule has 110 valence electrons. The highest BCUT2D eigenvalue weighted by molar-refractivity contribution is 5.94. The average molecular weight is 276 g/mol. The highest BCUT2D eigenvalue weighted by Crippen LogP contribution is 2.17. The lowest BCUT2D eigenvalue weighted by molar-refractivity contribution is 0.0750. The van der Waals surface area contributed by atoms with Gasteiger partial charge in [0.2, 0.25) is 0 Å². The van der Waals surface area contributed by atoms with Gasteiger partial charge in [-0.3, -0.25) is 10.2 Å². The zero-order chi connectivity index (χ0) is 14.5. The summed E-state index contributed by atoms with van der Waals surface area (Å²) in [6.07, 6.45) is 3.55. The number of hydrogen-bond donors (Lipinski definition) is 2. The van der Waals surface area contributed by atoms with Crippen molar-refractivity contribution in [2.45, 2.75) is 39.0 Å². The minimum Gasteiger partial charge on any atom is -0.373 e. The molecule has 0 saturated carbocycles. The molecule has 2 rings (SSSR count). The highest BCUT2D eigenvalue weighted by atomic mass is 16.2. The third kappa shape index (κ3) is 3.70. The maximum atomic E-state index is 12.3. The summed E-state index contributed by atoms with van der Waals surface area (Å²) in [5, 5.41) is 5.03. The molecule has 0 aliphatic carbocycles. The molecule has 1 saturated heterocycles. The fourth-order valence-corrected chi connectivity index (χ4v) is 2.32. The van der Waals surface area contributed by atoms with Gasteiger partial charge in [-0.05, 0) is 30.9 Å². The van der Waals surface area contributed by atoms with Crippen molar-refractivity contribution in [3.63, 3.8) is 0 Å². The van der Waals surface area contributed by atoms with E-state index in [2.05, 4.69) is 29.6 Å². The van der Waals surface area contributed by atoms with Gasteiger partial charge in [0.05, 0.1) is 0 Å². The van der Waals surface area contributed by atoms with Crippen LogP contribution in [-0.4, -0.2) is 36.0 Å². The number of rotatable bonds is 4. The van der Waals surface area contributed by atoms with E-state index in [1.807, 2.05) is 18.1 Å². The van der Waals surface area contributed by atoms with E-state index in [4.69, 9.17) is 0 Å². The molecule has 0 atom stereocenters. The first-order chi connectivity index (χ1) is 9.60. The average Bonchev–Trinajstić information content (AvgIpc) is 2.47. The van der Waals surface area contributed by atoms with E-state index in [0.717, 1.165) is 37.4 Å². The van der Waals surface area contributed by atoms with Crippen LogP contribution < -0.4 is 10.7 Å². The summed E-state index contributed by atoms with van der Waals surface area (Å²) in [6.45, 7) is 6.03. The molecule has 0 bridgehead atoms. The van der Waals surface area contributed by atoms with E-state index >= 15 is 0 Å². The van der Waals surface area contributed by atoms with Crippen molar-refractivity contribution in [1.82, 2.24) is 15.4 Å². The van der Waals surface area contributed by atoms with Gasteiger partial charge < -0.3 is 5.32 Å². The SMILES string of the molecule is CNc1cc(C(=O)NN2CCCCC2)cc(C(C)C)n1. The fraction of sp³-hybridized carbons (Fsp3) is 0.600. The van der Waals surface area contributed by atoms with E-state index in [1.54, 1.807) is 6.07 Å². The predicted octanol–water partition coefficient (Wildman–Crippen LogP) is 2.38. The number of amides is 1. The van der Waals surface area contributed by atoms with Gasteiger partial charge in [-0.2, -0.15) is 0 Å². The summed E-state index contributed by atoms with van der Waals surface area (Å²) >= 11 is 0. The first-order valence-electron chi connectivity index (χ1n) is 7.36. The molecule has 20 heavy (non-hydrogen) atoms. The molecule has 1 aromatic heterocycles. The number of carbonyl (C=O) groups excluding carboxylic acids is 1. The van der Waals surface area contributed by atoms with Crippen molar-refractivity contribution in [3.05, 3.63) is 23.4 Å². The summed E-state index contributed by atoms with van der Waals surface area (Å²) in [6, 6.07) is 3.68. The Balaban J connectivity index is 2.13. The molecule has 0 radical (unpaired) electrons. The van der Waals surface area contributed by atoms with Gasteiger partial charge in [-0.15, -0.1) is 0 Å². The molecule has 1 aliphatic rings. The van der Waals surface area contributed by atoms with Crippen LogP contribution in [0.4, 0.5) is 5.82 Å². The van der Waals surface area contributed by atoms with Crippen molar-refractivity contribution in [3.8, 4) is 0 Å². The van der Waals surface area contributed by atoms with Gasteiger partial charge >= 0.3 is 0 Å². The number of carbonyl (C=O) groups is 1. The second-order valence-corrected chi connectivity index (χ2v) is 5.56. The van der Waals surface area contributed by atoms with Gasteiger partial charge in [-0.25, -0.2) is 9.99 Å². The Bertz CT molecular complexity index is 467. The second-order valence-electron chi connectivity index (χ2n) is 5.56. The van der Waals surface area contributed by atoms with Crippen LogP contribution >= 0.6 is 0 Å². The number of pyridine rings is 1. The van der Waals surface area contributed by atoms with Crippen molar-refractivity contribution < 1.29 is 4.79 Å². The van der Waals surface area contributed by atoms with Crippen molar-refractivity contribution in [2.75, 3.05) is 25.5 Å². The second kappa shape index (κ2) is 6.70. The molecule has 5 heteroatoms. The molecule has 0 unspecified atom stereocenters. The molecule has 2 N–H and O–H groups in total. The molecule has 1 amide bonds. The number of aromatic nitrogens is 1. The normalized spacial score (nSPS) is 16.2. The molecule has 5 nitrogen and oxygen atoms in total. The zero-order valence-electron chi connectivity index (χ0n) is 12.6. The molecular weight excluding hydrogens is 252 g/mol. The largest absolute Gasteiger partial charge is 0.373 e. The number of piperidine rings is 1. The van der Waals surface area contributed by atoms with Crippen LogP contribution in [0.25, 0.3) is 0 Å². The lowest BCUT2D eigenvalue weighted by Gasteiger charge is -2.27. The predicted molar refractivity (Wildman–Crippen MR) is 80.8 cm³/mol. The Morgan fingerprint density at radius 2 is 1.95 bits per heavy atom. The third-order valence-corrected chi connectivity index (χ3v) is 3.57. The van der Waals surface area contributed by atoms with Crippen LogP contribution in [0.5, 0.6) is 0 Å². The molecule has 1 aliphatic heterocycles. The topological polar surface area (TPSA) is 57.3 Å². The van der Waals surface area contributed by atoms with Crippen molar-refractivity contribution in [2.24, 2.45) is 0 Å². The number of nitrogens with one attached hydrogen (secondary N) is 2. The van der Waals surface area contributed by atoms with Crippen LogP contribution in [0.3, 0.4) is 0 Å². The van der Waals surface area contributed by atoms with Crippen LogP contribution in [0, 0.1) is 0 Å². The molecule has 0 aromatic carbocycles. The summed E-state index contributed by atoms with van der Waals surface area (Å²) in [5.74, 6) is 0.984. The number of hydrogen-bond acceptors (Lipinski definition) is 4. The van der Waals surface area contributed by atoms with Gasteiger partial charge in [0.15, 0.2) is 0 Å². The summed E-state index contributed by atoms with van der Waals surface area (Å²) in [7, 11) is 1.82. The Hall–Kier alpha value is -1.62. The quantitative estimate of drug-likeness (QED) is 0.886. The van der Waals surface area contributed by atoms with E-state index in [9.17, 15) is 4.79 Å². The minimum absolute atomic E-state index is 0.0484. The van der Waals surface area contributed by atoms with E-state index in [-0.39, 0.29) is 5.91 Å². The smallest absolute Gasteiger partial charge is 0.265 e. The van der Waals surface area contributed by atoms with E-state index < -0.39 is 0 Å². The monoisotopic (exact) mass is 276 g/mol. The van der Waals surface area contributed by atoms with Gasteiger partial charge in [-0.1, -0.05) is 20.3 Å². The Morgan fingerprint density at radius 3 is 2.55 bits per heavy atom. The lowest BCUT2D eigenvalue weighted by atomic mass is 10.1. The molecule has 1 fully saturated rings. The van der Waals surface area contributed by atoms with Gasteiger partial charge in [0.1, 0.15) is 5.82 Å². The third-order valence-electron chi connectivity index (χ3n) is 3.57. The Labute approximate surface area is 120 Å². The first-order valence-corrected chi connectivity index (χ1v) is 7.36. The summed E-state index contributed by atoms with van der Waals surface area (Å²) in [4.78, 5) is 16.8. The van der Waals surface area contributed by atoms with Crippen LogP contribution in [-0.2, 0) is 0 Å². The van der Waals surface area contributed by atoms with Crippen molar-refractivity contribution >= 4 is 11.7 Å². The van der Waals surface area contributed by atoms with Gasteiger partial charge in [0.25, 0.3) is 5.91 Å². The molecular formula is C15H24N4O. The fourth-order valence-electron chi connectivity index (χ4n) is 2.32. The maximum Gasteiger partial charge on any atom is 0.265 e. The number of nitrogens with zero attached hydrogens (tertiary/aromatic N) is 2. The minimum atomic E-state index is -0.0484. The van der Waals surface area contributed by atoms with Crippen LogP contribution in [0.2, 0.25) is 0 Å². The number of anilines is 1. The molecule has 2 heterocycles. The van der Waals surface area contributed by atoms with Gasteiger partial charge in [0, 0.05) is 31.4 Å². The standard InChI is InChI=1S/C15H24N4O/c1-11(2)13-9-12(10-14(16-3)17-13)15(20)18-19-7-5-4-6-8-19/h9-11H,4-8H2,1-3H3,(H,16,17)(H,18,20). The summed E-state index contributed by atoms with van der Waals surface area (Å²) < 4.78 is 0. The maximum absolute atomic E-state index is 12.3. The highest BCUT2D eigenvalue weighted by Gasteiger charge is 2.16. The van der Waals surface area contributed by atoms with Crippen molar-refractivity contribution in [1.29, 1.82) is 0 Å². The Kier molecular flexibility index (Phi) is 4.95. The molecule has 0 spiro atoms. The molecule has 1 aromatic rings. The van der Waals surface area contributed by atoms with Crippen LogP contribution in [0.1, 0.15) is 55.1 Å². The zero-order valence-corrected chi connectivity index (χ0v) is 12.6.